The number of anilines is 1. The SMILES string of the molecule is COc1ccc(OC)c(C(=O)N(C)C(C)c2cccc(NC(=O)c3ccccc3)c2)c1. The normalized spacial score (nSPS) is 11.4. The van der Waals surface area contributed by atoms with Gasteiger partial charge in [-0.2, -0.15) is 0 Å². The lowest BCUT2D eigenvalue weighted by molar-refractivity contribution is 0.0738. The second kappa shape index (κ2) is 9.80. The summed E-state index contributed by atoms with van der Waals surface area (Å²) in [5.74, 6) is 0.683. The lowest BCUT2D eigenvalue weighted by Gasteiger charge is -2.26. The van der Waals surface area contributed by atoms with Crippen LogP contribution >= 0.6 is 0 Å². The van der Waals surface area contributed by atoms with E-state index in [1.54, 1.807) is 49.4 Å². The van der Waals surface area contributed by atoms with E-state index in [1.165, 1.54) is 7.11 Å². The Labute approximate surface area is 182 Å². The first kappa shape index (κ1) is 21.9. The molecular weight excluding hydrogens is 392 g/mol. The predicted molar refractivity (Wildman–Crippen MR) is 121 cm³/mol. The molecule has 1 atom stereocenters. The summed E-state index contributed by atoms with van der Waals surface area (Å²) < 4.78 is 10.6. The third-order valence-corrected chi connectivity index (χ3v) is 5.20. The summed E-state index contributed by atoms with van der Waals surface area (Å²) in [7, 11) is 4.82. The van der Waals surface area contributed by atoms with Crippen LogP contribution < -0.4 is 14.8 Å². The van der Waals surface area contributed by atoms with E-state index in [-0.39, 0.29) is 17.9 Å². The minimum atomic E-state index is -0.239. The van der Waals surface area contributed by atoms with Crippen molar-refractivity contribution in [3.8, 4) is 11.5 Å². The van der Waals surface area contributed by atoms with Gasteiger partial charge in [0.05, 0.1) is 25.8 Å². The zero-order valence-electron chi connectivity index (χ0n) is 18.1. The molecule has 6 nitrogen and oxygen atoms in total. The average molecular weight is 418 g/mol. The molecule has 2 amide bonds. The number of rotatable bonds is 7. The summed E-state index contributed by atoms with van der Waals surface area (Å²) in [6.07, 6.45) is 0. The minimum absolute atomic E-state index is 0.184. The van der Waals surface area contributed by atoms with Crippen LogP contribution in [0.1, 0.15) is 39.2 Å². The molecule has 0 saturated heterocycles. The molecular formula is C25H26N2O4. The van der Waals surface area contributed by atoms with Crippen molar-refractivity contribution in [1.82, 2.24) is 4.90 Å². The van der Waals surface area contributed by atoms with E-state index < -0.39 is 0 Å². The van der Waals surface area contributed by atoms with Gasteiger partial charge in [0.1, 0.15) is 11.5 Å². The van der Waals surface area contributed by atoms with Crippen LogP contribution in [0.25, 0.3) is 0 Å². The molecule has 0 fully saturated rings. The van der Waals surface area contributed by atoms with Gasteiger partial charge in [-0.3, -0.25) is 9.59 Å². The monoisotopic (exact) mass is 418 g/mol. The number of hydrogen-bond acceptors (Lipinski definition) is 4. The second-order valence-corrected chi connectivity index (χ2v) is 7.10. The summed E-state index contributed by atoms with van der Waals surface area (Å²) in [6, 6.07) is 21.4. The van der Waals surface area contributed by atoms with E-state index in [9.17, 15) is 9.59 Å². The number of carbonyl (C=O) groups is 2. The van der Waals surface area contributed by atoms with E-state index in [0.29, 0.717) is 28.3 Å². The Hall–Kier alpha value is -3.80. The Balaban J connectivity index is 1.79. The maximum atomic E-state index is 13.2. The third kappa shape index (κ3) is 5.04. The summed E-state index contributed by atoms with van der Waals surface area (Å²) in [5, 5.41) is 2.91. The Kier molecular flexibility index (Phi) is 6.92. The summed E-state index contributed by atoms with van der Waals surface area (Å²) >= 11 is 0. The average Bonchev–Trinajstić information content (AvgIpc) is 2.82. The molecule has 1 unspecified atom stereocenters. The van der Waals surface area contributed by atoms with Crippen LogP contribution in [-0.2, 0) is 0 Å². The second-order valence-electron chi connectivity index (χ2n) is 7.10. The van der Waals surface area contributed by atoms with E-state index in [1.807, 2.05) is 49.4 Å². The van der Waals surface area contributed by atoms with Crippen molar-refractivity contribution < 1.29 is 19.1 Å². The molecule has 3 aromatic rings. The van der Waals surface area contributed by atoms with Crippen molar-refractivity contribution in [2.24, 2.45) is 0 Å². The van der Waals surface area contributed by atoms with Gasteiger partial charge >= 0.3 is 0 Å². The van der Waals surface area contributed by atoms with E-state index in [2.05, 4.69) is 5.32 Å². The van der Waals surface area contributed by atoms with Crippen LogP contribution in [0, 0.1) is 0 Å². The Morgan fingerprint density at radius 2 is 1.65 bits per heavy atom. The standard InChI is InChI=1S/C25H26N2O4/c1-17(27(2)25(29)22-16-21(30-3)13-14-23(22)31-4)19-11-8-12-20(15-19)26-24(28)18-9-6-5-7-10-18/h5-17H,1-4H3,(H,26,28). The van der Waals surface area contributed by atoms with Crippen LogP contribution in [0.4, 0.5) is 5.69 Å². The molecule has 6 heteroatoms. The van der Waals surface area contributed by atoms with Gasteiger partial charge in [0.2, 0.25) is 0 Å². The van der Waals surface area contributed by atoms with Gasteiger partial charge in [-0.1, -0.05) is 30.3 Å². The molecule has 0 aliphatic rings. The Morgan fingerprint density at radius 3 is 2.32 bits per heavy atom. The molecule has 3 aromatic carbocycles. The maximum Gasteiger partial charge on any atom is 0.258 e. The van der Waals surface area contributed by atoms with Crippen LogP contribution in [0.2, 0.25) is 0 Å². The van der Waals surface area contributed by atoms with Crippen molar-refractivity contribution in [3.05, 3.63) is 89.5 Å². The summed E-state index contributed by atoms with van der Waals surface area (Å²) in [4.78, 5) is 27.3. The lowest BCUT2D eigenvalue weighted by atomic mass is 10.0. The highest BCUT2D eigenvalue weighted by atomic mass is 16.5. The molecule has 0 aliphatic heterocycles. The van der Waals surface area contributed by atoms with Crippen molar-refractivity contribution in [3.63, 3.8) is 0 Å². The van der Waals surface area contributed by atoms with Crippen LogP contribution in [0.15, 0.2) is 72.8 Å². The minimum Gasteiger partial charge on any atom is -0.497 e. The number of methoxy groups -OCH3 is 2. The summed E-state index contributed by atoms with van der Waals surface area (Å²) in [6.45, 7) is 1.93. The van der Waals surface area contributed by atoms with E-state index >= 15 is 0 Å². The van der Waals surface area contributed by atoms with Gasteiger partial charge in [-0.15, -0.1) is 0 Å². The molecule has 0 aliphatic carbocycles. The van der Waals surface area contributed by atoms with Crippen molar-refractivity contribution in [2.75, 3.05) is 26.6 Å². The van der Waals surface area contributed by atoms with Gasteiger partial charge in [0.25, 0.3) is 11.8 Å². The van der Waals surface area contributed by atoms with Gasteiger partial charge in [-0.25, -0.2) is 0 Å². The topological polar surface area (TPSA) is 67.9 Å². The predicted octanol–water partition coefficient (Wildman–Crippen LogP) is 4.79. The molecule has 3 rings (SSSR count). The number of hydrogen-bond donors (Lipinski definition) is 1. The quantitative estimate of drug-likeness (QED) is 0.599. The molecule has 160 valence electrons. The van der Waals surface area contributed by atoms with Crippen LogP contribution in [0.3, 0.4) is 0 Å². The zero-order valence-corrected chi connectivity index (χ0v) is 18.1. The highest BCUT2D eigenvalue weighted by Gasteiger charge is 2.23. The first-order valence-corrected chi connectivity index (χ1v) is 9.90. The molecule has 0 heterocycles. The van der Waals surface area contributed by atoms with Crippen LogP contribution in [-0.4, -0.2) is 38.0 Å². The number of nitrogens with one attached hydrogen (secondary N) is 1. The lowest BCUT2D eigenvalue weighted by Crippen LogP contribution is -2.30. The van der Waals surface area contributed by atoms with Crippen molar-refractivity contribution in [2.45, 2.75) is 13.0 Å². The molecule has 1 N–H and O–H groups in total. The highest BCUT2D eigenvalue weighted by molar-refractivity contribution is 6.04. The van der Waals surface area contributed by atoms with Gasteiger partial charge in [0.15, 0.2) is 0 Å². The maximum absolute atomic E-state index is 13.2. The number of benzene rings is 3. The fourth-order valence-electron chi connectivity index (χ4n) is 3.24. The first-order valence-electron chi connectivity index (χ1n) is 9.90. The highest BCUT2D eigenvalue weighted by Crippen LogP contribution is 2.29. The van der Waals surface area contributed by atoms with Crippen molar-refractivity contribution >= 4 is 17.5 Å². The fourth-order valence-corrected chi connectivity index (χ4v) is 3.24. The molecule has 31 heavy (non-hydrogen) atoms. The van der Waals surface area contributed by atoms with E-state index in [4.69, 9.17) is 9.47 Å². The number of amides is 2. The zero-order chi connectivity index (χ0) is 22.4. The van der Waals surface area contributed by atoms with Gasteiger partial charge < -0.3 is 19.7 Å². The first-order chi connectivity index (χ1) is 14.9. The van der Waals surface area contributed by atoms with Gasteiger partial charge in [0, 0.05) is 18.3 Å². The fraction of sp³-hybridized carbons (Fsp3) is 0.200. The number of carbonyl (C=O) groups excluding carboxylic acids is 2. The molecule has 0 spiro atoms. The van der Waals surface area contributed by atoms with E-state index in [0.717, 1.165) is 5.56 Å². The number of nitrogens with zero attached hydrogens (tertiary/aromatic N) is 1. The van der Waals surface area contributed by atoms with Crippen molar-refractivity contribution in [1.29, 1.82) is 0 Å². The molecule has 0 radical (unpaired) electrons. The Morgan fingerprint density at radius 1 is 0.903 bits per heavy atom. The van der Waals surface area contributed by atoms with Gasteiger partial charge in [-0.05, 0) is 55.0 Å². The molecule has 0 saturated carbocycles. The summed E-state index contributed by atoms with van der Waals surface area (Å²) in [5.41, 5.74) is 2.56. The van der Waals surface area contributed by atoms with Crippen LogP contribution in [0.5, 0.6) is 11.5 Å². The number of ether oxygens (including phenoxy) is 2. The smallest absolute Gasteiger partial charge is 0.258 e. The Bertz CT molecular complexity index is 1070. The third-order valence-electron chi connectivity index (χ3n) is 5.20. The largest absolute Gasteiger partial charge is 0.497 e. The molecule has 0 aromatic heterocycles. The molecule has 0 bridgehead atoms.